The SMILES string of the molecule is c1ccc(N(c2ccc(N3c4c(ccc5ccccc45)-c4cccc5cccc3c45)cc2)c2cccc3ccccc23)cc1. The van der Waals surface area contributed by atoms with Crippen molar-refractivity contribution in [2.24, 2.45) is 0 Å². The highest BCUT2D eigenvalue weighted by atomic mass is 15.2. The van der Waals surface area contributed by atoms with E-state index < -0.39 is 0 Å². The van der Waals surface area contributed by atoms with Crippen molar-refractivity contribution in [3.8, 4) is 11.1 Å². The number of benzene rings is 8. The van der Waals surface area contributed by atoms with Crippen LogP contribution in [-0.4, -0.2) is 0 Å². The molecule has 2 nitrogen and oxygen atoms in total. The van der Waals surface area contributed by atoms with Gasteiger partial charge in [0.1, 0.15) is 0 Å². The molecule has 2 heteroatoms. The van der Waals surface area contributed by atoms with Gasteiger partial charge in [-0.25, -0.2) is 0 Å². The van der Waals surface area contributed by atoms with Gasteiger partial charge in [-0.1, -0.05) is 121 Å². The molecule has 0 spiro atoms. The van der Waals surface area contributed by atoms with Crippen LogP contribution >= 0.6 is 0 Å². The van der Waals surface area contributed by atoms with E-state index in [9.17, 15) is 0 Å². The fourth-order valence-corrected chi connectivity index (χ4v) is 6.99. The summed E-state index contributed by atoms with van der Waals surface area (Å²) in [5.74, 6) is 0. The van der Waals surface area contributed by atoms with Crippen LogP contribution in [0.15, 0.2) is 170 Å². The number of para-hydroxylation sites is 1. The molecule has 0 unspecified atom stereocenters. The summed E-state index contributed by atoms with van der Waals surface area (Å²) in [6, 6.07) is 61.5. The molecule has 0 radical (unpaired) electrons. The van der Waals surface area contributed by atoms with Gasteiger partial charge in [0.15, 0.2) is 0 Å². The zero-order chi connectivity index (χ0) is 29.0. The van der Waals surface area contributed by atoms with Crippen LogP contribution in [0.25, 0.3) is 43.4 Å². The van der Waals surface area contributed by atoms with Crippen LogP contribution in [0.1, 0.15) is 0 Å². The van der Waals surface area contributed by atoms with Gasteiger partial charge in [-0.2, -0.15) is 0 Å². The summed E-state index contributed by atoms with van der Waals surface area (Å²) in [5.41, 5.74) is 9.54. The summed E-state index contributed by atoms with van der Waals surface area (Å²) >= 11 is 0. The lowest BCUT2D eigenvalue weighted by Gasteiger charge is -2.35. The Morgan fingerprint density at radius 2 is 1.00 bits per heavy atom. The summed E-state index contributed by atoms with van der Waals surface area (Å²) in [4.78, 5) is 4.82. The first-order valence-electron chi connectivity index (χ1n) is 15.1. The van der Waals surface area contributed by atoms with E-state index >= 15 is 0 Å². The van der Waals surface area contributed by atoms with Crippen molar-refractivity contribution in [2.45, 2.75) is 0 Å². The minimum absolute atomic E-state index is 1.12. The molecule has 44 heavy (non-hydrogen) atoms. The Hall–Kier alpha value is -5.86. The standard InChI is InChI=1S/C42H28N2/c1-2-16-32(17-3-1)43(39-21-9-13-29-11-4-6-18-35(29)39)33-24-26-34(27-25-33)44-40-22-10-15-31-14-8-20-37(41(31)40)38-28-23-30-12-5-7-19-36(30)42(38)44/h1-28H. The third-order valence-electron chi connectivity index (χ3n) is 8.93. The molecule has 8 aromatic carbocycles. The highest BCUT2D eigenvalue weighted by molar-refractivity contribution is 6.18. The molecule has 8 aromatic rings. The Morgan fingerprint density at radius 3 is 1.82 bits per heavy atom. The normalized spacial score (nSPS) is 12.0. The molecule has 0 amide bonds. The van der Waals surface area contributed by atoms with E-state index in [-0.39, 0.29) is 0 Å². The molecule has 0 aliphatic carbocycles. The average molecular weight is 561 g/mol. The van der Waals surface area contributed by atoms with Crippen LogP contribution in [0, 0.1) is 0 Å². The van der Waals surface area contributed by atoms with Gasteiger partial charge in [-0.15, -0.1) is 0 Å². The van der Waals surface area contributed by atoms with Gasteiger partial charge in [0.25, 0.3) is 0 Å². The molecule has 1 heterocycles. The Bertz CT molecular complexity index is 2330. The molecule has 0 saturated carbocycles. The molecule has 1 aliphatic rings. The van der Waals surface area contributed by atoms with E-state index in [0.29, 0.717) is 0 Å². The minimum atomic E-state index is 1.12. The fourth-order valence-electron chi connectivity index (χ4n) is 6.99. The van der Waals surface area contributed by atoms with Crippen LogP contribution in [0.3, 0.4) is 0 Å². The van der Waals surface area contributed by atoms with E-state index in [4.69, 9.17) is 0 Å². The Morgan fingerprint density at radius 1 is 0.386 bits per heavy atom. The summed E-state index contributed by atoms with van der Waals surface area (Å²) in [6.45, 7) is 0. The summed E-state index contributed by atoms with van der Waals surface area (Å²) in [7, 11) is 0. The maximum absolute atomic E-state index is 2.46. The zero-order valence-electron chi connectivity index (χ0n) is 24.1. The van der Waals surface area contributed by atoms with Crippen LogP contribution in [-0.2, 0) is 0 Å². The van der Waals surface area contributed by atoms with Crippen molar-refractivity contribution < 1.29 is 0 Å². The van der Waals surface area contributed by atoms with E-state index in [1.165, 1.54) is 54.8 Å². The molecule has 0 bridgehead atoms. The number of hydrogen-bond acceptors (Lipinski definition) is 2. The predicted octanol–water partition coefficient (Wildman–Crippen LogP) is 12.1. The largest absolute Gasteiger partial charge is 0.310 e. The van der Waals surface area contributed by atoms with Crippen molar-refractivity contribution in [2.75, 3.05) is 9.80 Å². The molecule has 9 rings (SSSR count). The third-order valence-corrected chi connectivity index (χ3v) is 8.93. The molecular formula is C42H28N2. The molecule has 0 N–H and O–H groups in total. The van der Waals surface area contributed by atoms with E-state index in [1.54, 1.807) is 0 Å². The van der Waals surface area contributed by atoms with Gasteiger partial charge < -0.3 is 9.80 Å². The van der Waals surface area contributed by atoms with Crippen molar-refractivity contribution in [1.82, 2.24) is 0 Å². The second kappa shape index (κ2) is 9.86. The Kier molecular flexibility index (Phi) is 5.54. The lowest BCUT2D eigenvalue weighted by atomic mass is 9.88. The average Bonchev–Trinajstić information content (AvgIpc) is 3.10. The molecule has 206 valence electrons. The fraction of sp³-hybridized carbons (Fsp3) is 0. The van der Waals surface area contributed by atoms with Crippen LogP contribution in [0.2, 0.25) is 0 Å². The van der Waals surface area contributed by atoms with Crippen LogP contribution in [0.5, 0.6) is 0 Å². The first kappa shape index (κ1) is 24.7. The number of fused-ring (bicyclic) bond motifs is 5. The number of hydrogen-bond donors (Lipinski definition) is 0. The molecule has 0 fully saturated rings. The molecule has 0 atom stereocenters. The predicted molar refractivity (Wildman–Crippen MR) is 187 cm³/mol. The van der Waals surface area contributed by atoms with Gasteiger partial charge in [0, 0.05) is 38.8 Å². The first-order valence-corrected chi connectivity index (χ1v) is 15.1. The zero-order valence-corrected chi connectivity index (χ0v) is 24.1. The molecule has 0 aromatic heterocycles. The maximum atomic E-state index is 2.46. The molecule has 1 aliphatic heterocycles. The number of nitrogens with zero attached hydrogens (tertiary/aromatic N) is 2. The van der Waals surface area contributed by atoms with Crippen LogP contribution in [0.4, 0.5) is 34.1 Å². The van der Waals surface area contributed by atoms with E-state index in [1.807, 2.05) is 0 Å². The second-order valence-corrected chi connectivity index (χ2v) is 11.4. The van der Waals surface area contributed by atoms with Crippen molar-refractivity contribution in [1.29, 1.82) is 0 Å². The third kappa shape index (κ3) is 3.75. The lowest BCUT2D eigenvalue weighted by Crippen LogP contribution is -2.16. The molecular weight excluding hydrogens is 532 g/mol. The van der Waals surface area contributed by atoms with Gasteiger partial charge in [0.05, 0.1) is 17.1 Å². The van der Waals surface area contributed by atoms with Crippen molar-refractivity contribution >= 4 is 66.4 Å². The van der Waals surface area contributed by atoms with Gasteiger partial charge in [0.2, 0.25) is 0 Å². The molecule has 0 saturated heterocycles. The Labute approximate surface area is 256 Å². The Balaban J connectivity index is 1.26. The monoisotopic (exact) mass is 560 g/mol. The van der Waals surface area contributed by atoms with Gasteiger partial charge >= 0.3 is 0 Å². The highest BCUT2D eigenvalue weighted by Crippen LogP contribution is 2.53. The quantitative estimate of drug-likeness (QED) is 0.211. The smallest absolute Gasteiger partial charge is 0.0618 e. The minimum Gasteiger partial charge on any atom is -0.310 e. The maximum Gasteiger partial charge on any atom is 0.0618 e. The topological polar surface area (TPSA) is 6.48 Å². The number of rotatable bonds is 4. The first-order chi connectivity index (χ1) is 21.8. The van der Waals surface area contributed by atoms with Crippen molar-refractivity contribution in [3.05, 3.63) is 170 Å². The van der Waals surface area contributed by atoms with Gasteiger partial charge in [-0.05, 0) is 70.3 Å². The van der Waals surface area contributed by atoms with Crippen LogP contribution < -0.4 is 9.80 Å². The van der Waals surface area contributed by atoms with Crippen molar-refractivity contribution in [3.63, 3.8) is 0 Å². The van der Waals surface area contributed by atoms with E-state index in [0.717, 1.165) is 22.7 Å². The number of anilines is 6. The lowest BCUT2D eigenvalue weighted by molar-refractivity contribution is 1.27. The van der Waals surface area contributed by atoms with E-state index in [2.05, 4.69) is 180 Å². The second-order valence-electron chi connectivity index (χ2n) is 11.4. The summed E-state index contributed by atoms with van der Waals surface area (Å²) in [5, 5.41) is 7.50. The van der Waals surface area contributed by atoms with Gasteiger partial charge in [-0.3, -0.25) is 0 Å². The summed E-state index contributed by atoms with van der Waals surface area (Å²) < 4.78 is 0. The highest BCUT2D eigenvalue weighted by Gasteiger charge is 2.27. The summed E-state index contributed by atoms with van der Waals surface area (Å²) in [6.07, 6.45) is 0.